The first kappa shape index (κ1) is 14.8. The van der Waals surface area contributed by atoms with Gasteiger partial charge in [-0.05, 0) is 24.6 Å². The molecule has 8 heteroatoms. The van der Waals surface area contributed by atoms with Crippen molar-refractivity contribution in [3.63, 3.8) is 0 Å². The average molecular weight is 313 g/mol. The van der Waals surface area contributed by atoms with Gasteiger partial charge in [-0.3, -0.25) is 4.79 Å². The molecule has 1 atom stereocenters. The van der Waals surface area contributed by atoms with Crippen molar-refractivity contribution in [2.75, 3.05) is 13.2 Å². The van der Waals surface area contributed by atoms with Crippen LogP contribution in [0.25, 0.3) is 0 Å². The third-order valence-electron chi connectivity index (χ3n) is 3.39. The smallest absolute Gasteiger partial charge is 0.252 e. The number of carbonyl (C=O) groups is 1. The monoisotopic (exact) mass is 313 g/mol. The van der Waals surface area contributed by atoms with Crippen molar-refractivity contribution in [3.05, 3.63) is 35.9 Å². The molecule has 1 aromatic heterocycles. The van der Waals surface area contributed by atoms with E-state index in [9.17, 15) is 4.79 Å². The first-order chi connectivity index (χ1) is 11.2. The zero-order chi connectivity index (χ0) is 16.2. The second-order valence-electron chi connectivity index (χ2n) is 5.07. The van der Waals surface area contributed by atoms with E-state index in [1.165, 1.54) is 11.0 Å². The Morgan fingerprint density at radius 1 is 1.43 bits per heavy atom. The van der Waals surface area contributed by atoms with Crippen LogP contribution in [0, 0.1) is 11.3 Å². The van der Waals surface area contributed by atoms with Crippen LogP contribution < -0.4 is 14.8 Å². The molecule has 1 aromatic carbocycles. The summed E-state index contributed by atoms with van der Waals surface area (Å²) in [5, 5.41) is 15.4. The van der Waals surface area contributed by atoms with Crippen molar-refractivity contribution in [2.45, 2.75) is 19.5 Å². The summed E-state index contributed by atoms with van der Waals surface area (Å²) in [7, 11) is 0. The second kappa shape index (κ2) is 6.36. The van der Waals surface area contributed by atoms with Gasteiger partial charge in [0, 0.05) is 0 Å². The molecule has 0 bridgehead atoms. The molecule has 0 saturated heterocycles. The van der Waals surface area contributed by atoms with E-state index in [0.29, 0.717) is 24.7 Å². The molecular formula is C15H15N5O3. The minimum atomic E-state index is -0.221. The fourth-order valence-electron chi connectivity index (χ4n) is 2.27. The van der Waals surface area contributed by atoms with Crippen LogP contribution in [0.4, 0.5) is 0 Å². The molecule has 0 saturated carbocycles. The number of nitriles is 1. The number of benzene rings is 1. The lowest BCUT2D eigenvalue weighted by Gasteiger charge is -2.21. The zero-order valence-corrected chi connectivity index (χ0v) is 12.5. The van der Waals surface area contributed by atoms with Crippen LogP contribution in [0.15, 0.2) is 24.5 Å². The van der Waals surface area contributed by atoms with E-state index >= 15 is 0 Å². The molecule has 2 aromatic rings. The van der Waals surface area contributed by atoms with Crippen molar-refractivity contribution in [1.82, 2.24) is 20.1 Å². The largest absolute Gasteiger partial charge is 0.486 e. The Morgan fingerprint density at radius 3 is 2.96 bits per heavy atom. The Bertz CT molecular complexity index is 765. The number of nitrogens with one attached hydrogen (secondary N) is 1. The summed E-state index contributed by atoms with van der Waals surface area (Å²) in [6.45, 7) is 2.95. The highest BCUT2D eigenvalue weighted by Crippen LogP contribution is 2.32. The van der Waals surface area contributed by atoms with Crippen LogP contribution in [0.2, 0.25) is 0 Å². The number of hydrogen-bond acceptors (Lipinski definition) is 6. The van der Waals surface area contributed by atoms with Gasteiger partial charge >= 0.3 is 0 Å². The predicted octanol–water partition coefficient (Wildman–Crippen LogP) is 0.798. The van der Waals surface area contributed by atoms with Crippen LogP contribution in [-0.4, -0.2) is 33.9 Å². The number of carbonyl (C=O) groups excluding carboxylic acids is 1. The van der Waals surface area contributed by atoms with E-state index in [4.69, 9.17) is 14.7 Å². The third-order valence-corrected chi connectivity index (χ3v) is 3.39. The van der Waals surface area contributed by atoms with Gasteiger partial charge < -0.3 is 14.8 Å². The summed E-state index contributed by atoms with van der Waals surface area (Å²) in [5.74, 6) is 1.22. The molecule has 1 N–H and O–H groups in total. The van der Waals surface area contributed by atoms with Crippen molar-refractivity contribution >= 4 is 5.91 Å². The quantitative estimate of drug-likeness (QED) is 0.895. The molecule has 118 valence electrons. The molecule has 3 rings (SSSR count). The number of hydrogen-bond donors (Lipinski definition) is 1. The van der Waals surface area contributed by atoms with E-state index in [1.807, 2.05) is 31.2 Å². The Labute approximate surface area is 132 Å². The highest BCUT2D eigenvalue weighted by Gasteiger charge is 2.16. The maximum atomic E-state index is 12.0. The van der Waals surface area contributed by atoms with Gasteiger partial charge in [0.1, 0.15) is 32.2 Å². The Hall–Kier alpha value is -3.08. The molecule has 0 spiro atoms. The summed E-state index contributed by atoms with van der Waals surface area (Å²) in [5.41, 5.74) is 0.916. The predicted molar refractivity (Wildman–Crippen MR) is 78.7 cm³/mol. The third kappa shape index (κ3) is 3.40. The summed E-state index contributed by atoms with van der Waals surface area (Å²) >= 11 is 0. The van der Waals surface area contributed by atoms with Gasteiger partial charge in [-0.15, -0.1) is 5.10 Å². The normalized spacial score (nSPS) is 13.9. The van der Waals surface area contributed by atoms with Crippen LogP contribution in [0.5, 0.6) is 11.5 Å². The van der Waals surface area contributed by atoms with E-state index in [1.54, 1.807) is 0 Å². The van der Waals surface area contributed by atoms with Crippen LogP contribution in [-0.2, 0) is 11.3 Å². The van der Waals surface area contributed by atoms with Gasteiger partial charge in [-0.1, -0.05) is 6.07 Å². The lowest BCUT2D eigenvalue weighted by atomic mass is 10.1. The number of ether oxygens (including phenoxy) is 2. The van der Waals surface area contributed by atoms with Gasteiger partial charge in [0.15, 0.2) is 11.5 Å². The van der Waals surface area contributed by atoms with Crippen molar-refractivity contribution < 1.29 is 14.3 Å². The van der Waals surface area contributed by atoms with E-state index < -0.39 is 0 Å². The lowest BCUT2D eigenvalue weighted by molar-refractivity contribution is -0.122. The number of rotatable bonds is 4. The Balaban J connectivity index is 1.63. The molecule has 1 aliphatic rings. The van der Waals surface area contributed by atoms with E-state index in [-0.39, 0.29) is 24.3 Å². The van der Waals surface area contributed by atoms with Gasteiger partial charge in [-0.25, -0.2) is 9.67 Å². The molecule has 0 radical (unpaired) electrons. The van der Waals surface area contributed by atoms with Crippen LogP contribution in [0.3, 0.4) is 0 Å². The first-order valence-electron chi connectivity index (χ1n) is 7.14. The molecule has 8 nitrogen and oxygen atoms in total. The molecule has 2 heterocycles. The first-order valence-corrected chi connectivity index (χ1v) is 7.14. The molecule has 0 unspecified atom stereocenters. The van der Waals surface area contributed by atoms with Gasteiger partial charge in [0.05, 0.1) is 6.04 Å². The van der Waals surface area contributed by atoms with Crippen molar-refractivity contribution in [1.29, 1.82) is 5.26 Å². The molecular weight excluding hydrogens is 298 g/mol. The van der Waals surface area contributed by atoms with Crippen molar-refractivity contribution in [3.8, 4) is 17.6 Å². The molecule has 1 aliphatic heterocycles. The average Bonchev–Trinajstić information content (AvgIpc) is 3.01. The van der Waals surface area contributed by atoms with Crippen LogP contribution in [0.1, 0.15) is 24.4 Å². The molecule has 23 heavy (non-hydrogen) atoms. The summed E-state index contributed by atoms with van der Waals surface area (Å²) in [6.07, 6.45) is 1.35. The van der Waals surface area contributed by atoms with Gasteiger partial charge in [-0.2, -0.15) is 5.26 Å². The Kier molecular flexibility index (Phi) is 4.10. The van der Waals surface area contributed by atoms with Crippen LogP contribution >= 0.6 is 0 Å². The topological polar surface area (TPSA) is 102 Å². The van der Waals surface area contributed by atoms with E-state index in [2.05, 4.69) is 15.4 Å². The fourth-order valence-corrected chi connectivity index (χ4v) is 2.27. The number of aromatic nitrogens is 3. The maximum Gasteiger partial charge on any atom is 0.252 e. The van der Waals surface area contributed by atoms with Gasteiger partial charge in [0.25, 0.3) is 5.82 Å². The van der Waals surface area contributed by atoms with Gasteiger partial charge in [0.2, 0.25) is 5.91 Å². The number of amides is 1. The number of nitrogens with zero attached hydrogens (tertiary/aromatic N) is 4. The minimum Gasteiger partial charge on any atom is -0.486 e. The molecule has 0 fully saturated rings. The number of fused-ring (bicyclic) bond motifs is 1. The highest BCUT2D eigenvalue weighted by atomic mass is 16.6. The summed E-state index contributed by atoms with van der Waals surface area (Å²) < 4.78 is 12.3. The zero-order valence-electron chi connectivity index (χ0n) is 12.5. The summed E-state index contributed by atoms with van der Waals surface area (Å²) in [4.78, 5) is 15.8. The maximum absolute atomic E-state index is 12.0. The second-order valence-corrected chi connectivity index (χ2v) is 5.07. The fraction of sp³-hybridized carbons (Fsp3) is 0.333. The standard InChI is InChI=1S/C15H15N5O3/c1-10(11-2-3-12-13(6-11)23-5-4-22-12)18-15(21)8-20-9-17-14(7-16)19-20/h2-3,6,9-10H,4-5,8H2,1H3,(H,18,21)/t10-/m1/s1. The minimum absolute atomic E-state index is 0.00354. The summed E-state index contributed by atoms with van der Waals surface area (Å²) in [6, 6.07) is 7.21. The Morgan fingerprint density at radius 2 is 2.22 bits per heavy atom. The SMILES string of the molecule is C[C@@H](NC(=O)Cn1cnc(C#N)n1)c1ccc2c(c1)OCCO2. The molecule has 0 aliphatic carbocycles. The van der Waals surface area contributed by atoms with Crippen molar-refractivity contribution in [2.24, 2.45) is 0 Å². The molecule has 1 amide bonds. The highest BCUT2D eigenvalue weighted by molar-refractivity contribution is 5.76. The van der Waals surface area contributed by atoms with E-state index in [0.717, 1.165) is 5.56 Å². The lowest BCUT2D eigenvalue weighted by Crippen LogP contribution is -2.30.